The number of benzene rings is 1. The molecule has 1 aromatic carbocycles. The fraction of sp³-hybridized carbons (Fsp3) is 0.267. The number of carbonyl (C=O) groups excluding carboxylic acids is 2. The van der Waals surface area contributed by atoms with Crippen molar-refractivity contribution in [2.24, 2.45) is 4.99 Å². The molecule has 1 aromatic rings. The number of rotatable bonds is 5. The molecule has 0 aromatic heterocycles. The molecule has 0 bridgehead atoms. The van der Waals surface area contributed by atoms with Crippen LogP contribution in [0.25, 0.3) is 0 Å². The molecule has 6 nitrogen and oxygen atoms in total. The lowest BCUT2D eigenvalue weighted by Crippen LogP contribution is -2.63. The number of β-lactam (4-membered cyclic amide) rings is 1. The minimum absolute atomic E-state index is 0.0446. The van der Waals surface area contributed by atoms with Crippen molar-refractivity contribution in [3.05, 3.63) is 48.0 Å². The molecule has 2 atom stereocenters. The number of ether oxygens (including phenoxy) is 1. The summed E-state index contributed by atoms with van der Waals surface area (Å²) in [6, 6.07) is 8.57. The van der Waals surface area contributed by atoms with E-state index in [0.717, 1.165) is 10.6 Å². The van der Waals surface area contributed by atoms with Gasteiger partial charge in [0, 0.05) is 11.4 Å². The highest BCUT2D eigenvalue weighted by atomic mass is 35.5. The zero-order valence-corrected chi connectivity index (χ0v) is 12.3. The van der Waals surface area contributed by atoms with Crippen molar-refractivity contribution in [3.63, 3.8) is 0 Å². The van der Waals surface area contributed by atoms with Crippen molar-refractivity contribution >= 4 is 29.4 Å². The number of fused-ring (bicyclic) bond motifs is 1. The molecule has 0 aliphatic carbocycles. The van der Waals surface area contributed by atoms with Crippen LogP contribution in [0, 0.1) is 0 Å². The molecule has 1 amide bonds. The maximum absolute atomic E-state index is 11.9. The average Bonchev–Trinajstić information content (AvgIpc) is 2.94. The van der Waals surface area contributed by atoms with E-state index in [2.05, 4.69) is 11.6 Å². The molecule has 0 N–H and O–H groups in total. The maximum Gasteiger partial charge on any atom is 0.336 e. The van der Waals surface area contributed by atoms with E-state index in [0.29, 0.717) is 11.5 Å². The van der Waals surface area contributed by atoms with Crippen molar-refractivity contribution in [2.75, 3.05) is 5.88 Å². The molecule has 2 aliphatic heterocycles. The standard InChI is InChI=1S/C15H13ClN2O4/c1-9(8-16)7-11(19)22-18-14(20)12-15(18)21-13(17-12)10-5-3-2-4-6-10/h2-6,12,15H,1,7-8H2/t12-,15-/m0/s1. The third-order valence-electron chi connectivity index (χ3n) is 3.26. The van der Waals surface area contributed by atoms with Gasteiger partial charge in [0.2, 0.25) is 12.1 Å². The molecule has 1 saturated heterocycles. The number of nitrogens with zero attached hydrogens (tertiary/aromatic N) is 2. The van der Waals surface area contributed by atoms with Crippen LogP contribution in [0.4, 0.5) is 0 Å². The van der Waals surface area contributed by atoms with Crippen molar-refractivity contribution in [2.45, 2.75) is 18.7 Å². The van der Waals surface area contributed by atoms with Crippen LogP contribution >= 0.6 is 11.6 Å². The summed E-state index contributed by atoms with van der Waals surface area (Å²) in [5, 5.41) is 0.911. The first kappa shape index (κ1) is 14.6. The van der Waals surface area contributed by atoms with Crippen LogP contribution in [0.15, 0.2) is 47.5 Å². The van der Waals surface area contributed by atoms with Crippen molar-refractivity contribution in [1.82, 2.24) is 5.06 Å². The predicted octanol–water partition coefficient (Wildman–Crippen LogP) is 1.64. The second-order valence-electron chi connectivity index (χ2n) is 4.94. The lowest BCUT2D eigenvalue weighted by atomic mass is 10.1. The highest BCUT2D eigenvalue weighted by Gasteiger charge is 2.56. The minimum Gasteiger partial charge on any atom is -0.447 e. The van der Waals surface area contributed by atoms with E-state index < -0.39 is 24.1 Å². The number of carbonyl (C=O) groups is 2. The Morgan fingerprint density at radius 3 is 2.82 bits per heavy atom. The van der Waals surface area contributed by atoms with Gasteiger partial charge in [0.25, 0.3) is 5.91 Å². The Morgan fingerprint density at radius 1 is 1.41 bits per heavy atom. The van der Waals surface area contributed by atoms with Crippen LogP contribution < -0.4 is 0 Å². The fourth-order valence-electron chi connectivity index (χ4n) is 2.14. The van der Waals surface area contributed by atoms with Gasteiger partial charge in [0.1, 0.15) is 0 Å². The highest BCUT2D eigenvalue weighted by molar-refractivity contribution is 6.19. The molecule has 1 fully saturated rings. The fourth-order valence-corrected chi connectivity index (χ4v) is 2.23. The quantitative estimate of drug-likeness (QED) is 0.470. The molecule has 22 heavy (non-hydrogen) atoms. The molecule has 114 valence electrons. The molecular formula is C15H13ClN2O4. The summed E-state index contributed by atoms with van der Waals surface area (Å²) in [6.07, 6.45) is -0.743. The highest BCUT2D eigenvalue weighted by Crippen LogP contribution is 2.31. The van der Waals surface area contributed by atoms with Crippen LogP contribution in [0.2, 0.25) is 0 Å². The number of alkyl halides is 1. The Kier molecular flexibility index (Phi) is 3.85. The van der Waals surface area contributed by atoms with Gasteiger partial charge in [-0.3, -0.25) is 4.79 Å². The van der Waals surface area contributed by atoms with Gasteiger partial charge in [-0.25, -0.2) is 9.79 Å². The van der Waals surface area contributed by atoms with Crippen LogP contribution in [0.5, 0.6) is 0 Å². The zero-order valence-electron chi connectivity index (χ0n) is 11.6. The summed E-state index contributed by atoms with van der Waals surface area (Å²) < 4.78 is 5.59. The van der Waals surface area contributed by atoms with Crippen molar-refractivity contribution < 1.29 is 19.2 Å². The maximum atomic E-state index is 11.9. The number of aliphatic imine (C=N–C) groups is 1. The Morgan fingerprint density at radius 2 is 2.14 bits per heavy atom. The molecule has 2 aliphatic rings. The largest absolute Gasteiger partial charge is 0.447 e. The Bertz CT molecular complexity index is 659. The summed E-state index contributed by atoms with van der Waals surface area (Å²) >= 11 is 5.55. The van der Waals surface area contributed by atoms with Crippen molar-refractivity contribution in [3.8, 4) is 0 Å². The number of hydroxylamine groups is 2. The van der Waals surface area contributed by atoms with Crippen LogP contribution in [-0.2, 0) is 19.2 Å². The van der Waals surface area contributed by atoms with Gasteiger partial charge in [-0.1, -0.05) is 30.4 Å². The molecule has 0 saturated carbocycles. The van der Waals surface area contributed by atoms with E-state index in [9.17, 15) is 9.59 Å². The molecule has 0 spiro atoms. The number of halogens is 1. The van der Waals surface area contributed by atoms with E-state index in [1.807, 2.05) is 30.3 Å². The summed E-state index contributed by atoms with van der Waals surface area (Å²) in [7, 11) is 0. The monoisotopic (exact) mass is 320 g/mol. The number of amides is 1. The Labute approximate surface area is 131 Å². The van der Waals surface area contributed by atoms with Gasteiger partial charge in [0.05, 0.1) is 6.42 Å². The first-order valence-corrected chi connectivity index (χ1v) is 7.20. The van der Waals surface area contributed by atoms with E-state index in [4.69, 9.17) is 21.2 Å². The Balaban J connectivity index is 1.63. The zero-order chi connectivity index (χ0) is 15.7. The van der Waals surface area contributed by atoms with E-state index in [-0.39, 0.29) is 12.3 Å². The smallest absolute Gasteiger partial charge is 0.336 e. The van der Waals surface area contributed by atoms with Crippen molar-refractivity contribution in [1.29, 1.82) is 0 Å². The lowest BCUT2D eigenvalue weighted by Gasteiger charge is -2.37. The van der Waals surface area contributed by atoms with E-state index in [1.54, 1.807) is 0 Å². The topological polar surface area (TPSA) is 68.2 Å². The molecule has 0 radical (unpaired) electrons. The summed E-state index contributed by atoms with van der Waals surface area (Å²) in [5.41, 5.74) is 1.29. The summed E-state index contributed by atoms with van der Waals surface area (Å²) in [5.74, 6) is -0.477. The molecular weight excluding hydrogens is 308 g/mol. The Hall–Kier alpha value is -2.34. The van der Waals surface area contributed by atoms with Gasteiger partial charge in [-0.15, -0.1) is 16.7 Å². The minimum atomic E-state index is -0.698. The molecule has 2 heterocycles. The number of hydrogen-bond donors (Lipinski definition) is 0. The molecule has 3 rings (SSSR count). The van der Waals surface area contributed by atoms with Gasteiger partial charge in [-0.2, -0.15) is 0 Å². The lowest BCUT2D eigenvalue weighted by molar-refractivity contribution is -0.254. The number of hydrogen-bond acceptors (Lipinski definition) is 5. The van der Waals surface area contributed by atoms with E-state index in [1.165, 1.54) is 0 Å². The van der Waals surface area contributed by atoms with Crippen LogP contribution in [-0.4, -0.2) is 41.0 Å². The second-order valence-corrected chi connectivity index (χ2v) is 5.21. The normalized spacial score (nSPS) is 22.3. The third kappa shape index (κ3) is 2.57. The first-order chi connectivity index (χ1) is 10.6. The van der Waals surface area contributed by atoms with Gasteiger partial charge < -0.3 is 9.57 Å². The van der Waals surface area contributed by atoms with E-state index >= 15 is 0 Å². The predicted molar refractivity (Wildman–Crippen MR) is 79.1 cm³/mol. The molecule has 7 heteroatoms. The van der Waals surface area contributed by atoms with Crippen LogP contribution in [0.3, 0.4) is 0 Å². The summed E-state index contributed by atoms with van der Waals surface area (Å²) in [6.45, 7) is 3.61. The average molecular weight is 321 g/mol. The first-order valence-electron chi connectivity index (χ1n) is 6.66. The van der Waals surface area contributed by atoms with Gasteiger partial charge >= 0.3 is 5.97 Å². The van der Waals surface area contributed by atoms with Gasteiger partial charge in [0.15, 0.2) is 6.04 Å². The van der Waals surface area contributed by atoms with Gasteiger partial charge in [-0.05, 0) is 12.1 Å². The second kappa shape index (κ2) is 5.81. The summed E-state index contributed by atoms with van der Waals surface area (Å²) in [4.78, 5) is 32.8. The third-order valence-corrected chi connectivity index (χ3v) is 3.64. The SMILES string of the molecule is C=C(CCl)CC(=O)ON1C(=O)[C@@H]2N=C(c3ccccc3)O[C@@H]21. The molecule has 0 unspecified atom stereocenters. The van der Waals surface area contributed by atoms with Crippen LogP contribution in [0.1, 0.15) is 12.0 Å².